The molecule has 3 aromatic rings. The second-order valence-corrected chi connectivity index (χ2v) is 7.29. The number of carbonyl (C=O) groups excluding carboxylic acids is 1. The van der Waals surface area contributed by atoms with Crippen LogP contribution in [0.5, 0.6) is 11.5 Å². The fraction of sp³-hybridized carbons (Fsp3) is 0.0500. The topological polar surface area (TPSA) is 65.0 Å². The van der Waals surface area contributed by atoms with Crippen molar-refractivity contribution in [1.82, 2.24) is 0 Å². The van der Waals surface area contributed by atoms with Crippen LogP contribution >= 0.6 is 7.60 Å². The molecule has 3 aromatic carbocycles. The fourth-order valence-corrected chi connectivity index (χ4v) is 4.17. The van der Waals surface area contributed by atoms with Crippen LogP contribution in [0.15, 0.2) is 96.0 Å². The van der Waals surface area contributed by atoms with E-state index in [4.69, 9.17) is 9.05 Å². The summed E-state index contributed by atoms with van der Waals surface area (Å²) in [6.45, 7) is 0. The van der Waals surface area contributed by atoms with Gasteiger partial charge in [0, 0.05) is 0 Å². The van der Waals surface area contributed by atoms with Gasteiger partial charge in [-0.25, -0.2) is 9.36 Å². The van der Waals surface area contributed by atoms with Crippen molar-refractivity contribution < 1.29 is 18.4 Å². The van der Waals surface area contributed by atoms with Crippen molar-refractivity contribution >= 4 is 13.7 Å². The maximum absolute atomic E-state index is 13.7. The van der Waals surface area contributed by atoms with Crippen LogP contribution < -0.4 is 9.05 Å². The zero-order valence-corrected chi connectivity index (χ0v) is 14.7. The summed E-state index contributed by atoms with van der Waals surface area (Å²) < 4.78 is 25.2. The molecule has 0 aliphatic heterocycles. The summed E-state index contributed by atoms with van der Waals surface area (Å²) >= 11 is 0. The number of para-hydroxylation sites is 2. The van der Waals surface area contributed by atoms with Gasteiger partial charge < -0.3 is 9.05 Å². The number of benzene rings is 3. The smallest absolute Gasteiger partial charge is 0.414 e. The summed E-state index contributed by atoms with van der Waals surface area (Å²) in [6, 6.07) is 26.0. The zero-order chi connectivity index (χ0) is 18.2. The van der Waals surface area contributed by atoms with Gasteiger partial charge >= 0.3 is 7.60 Å². The molecule has 0 spiro atoms. The second kappa shape index (κ2) is 8.30. The first-order valence-corrected chi connectivity index (χ1v) is 9.53. The average molecular weight is 365 g/mol. The van der Waals surface area contributed by atoms with Crippen molar-refractivity contribution in [1.29, 1.82) is 0 Å². The van der Waals surface area contributed by atoms with E-state index in [1.54, 1.807) is 72.8 Å². The van der Waals surface area contributed by atoms with E-state index in [2.05, 4.69) is 4.99 Å². The van der Waals surface area contributed by atoms with Crippen molar-refractivity contribution in [2.45, 2.75) is 5.78 Å². The molecule has 0 saturated carbocycles. The first-order valence-electron chi connectivity index (χ1n) is 7.92. The molecule has 0 aromatic heterocycles. The molecule has 130 valence electrons. The number of hydrogen-bond acceptors (Lipinski definition) is 5. The highest BCUT2D eigenvalue weighted by atomic mass is 31.2. The molecule has 0 heterocycles. The van der Waals surface area contributed by atoms with Crippen molar-refractivity contribution in [3.05, 3.63) is 96.6 Å². The summed E-state index contributed by atoms with van der Waals surface area (Å²) in [7, 11) is -3.94. The highest BCUT2D eigenvalue weighted by molar-refractivity contribution is 7.55. The Balaban J connectivity index is 2.05. The Morgan fingerprint density at radius 2 is 1.15 bits per heavy atom. The Bertz CT molecular complexity index is 880. The molecule has 0 N–H and O–H groups in total. The van der Waals surface area contributed by atoms with Gasteiger partial charge in [0.1, 0.15) is 11.5 Å². The molecule has 0 aliphatic carbocycles. The van der Waals surface area contributed by atoms with E-state index in [0.29, 0.717) is 17.1 Å². The number of isocyanates is 1. The van der Waals surface area contributed by atoms with Crippen molar-refractivity contribution in [3.63, 3.8) is 0 Å². The van der Waals surface area contributed by atoms with Crippen LogP contribution in [0.3, 0.4) is 0 Å². The molecule has 0 bridgehead atoms. The van der Waals surface area contributed by atoms with E-state index in [0.717, 1.165) is 0 Å². The molecule has 1 atom stereocenters. The largest absolute Gasteiger partial charge is 0.460 e. The van der Waals surface area contributed by atoms with Gasteiger partial charge in [0.25, 0.3) is 0 Å². The zero-order valence-electron chi connectivity index (χ0n) is 13.8. The molecular weight excluding hydrogens is 349 g/mol. The van der Waals surface area contributed by atoms with Crippen molar-refractivity contribution in [3.8, 4) is 11.5 Å². The Kier molecular flexibility index (Phi) is 5.65. The van der Waals surface area contributed by atoms with Crippen molar-refractivity contribution in [2.75, 3.05) is 0 Å². The van der Waals surface area contributed by atoms with Gasteiger partial charge in [0.15, 0.2) is 0 Å². The van der Waals surface area contributed by atoms with Crippen LogP contribution in [-0.2, 0) is 9.36 Å². The minimum absolute atomic E-state index is 0.355. The molecular formula is C20H16NO4P. The quantitative estimate of drug-likeness (QED) is 0.321. The molecule has 5 nitrogen and oxygen atoms in total. The number of aliphatic imine (C=N–C) groups is 1. The monoisotopic (exact) mass is 365 g/mol. The van der Waals surface area contributed by atoms with E-state index >= 15 is 0 Å². The molecule has 0 saturated heterocycles. The number of nitrogens with zero attached hydrogens (tertiary/aromatic N) is 1. The first-order chi connectivity index (χ1) is 12.7. The van der Waals surface area contributed by atoms with Crippen LogP contribution in [0.25, 0.3) is 0 Å². The van der Waals surface area contributed by atoms with Crippen LogP contribution in [0.4, 0.5) is 0 Å². The molecule has 0 amide bonds. The normalized spacial score (nSPS) is 11.8. The van der Waals surface area contributed by atoms with Gasteiger partial charge in [-0.05, 0) is 29.8 Å². The summed E-state index contributed by atoms with van der Waals surface area (Å²) in [5.41, 5.74) is 0.533. The Morgan fingerprint density at radius 1 is 0.731 bits per heavy atom. The molecule has 0 aliphatic rings. The van der Waals surface area contributed by atoms with Crippen LogP contribution in [0, 0.1) is 0 Å². The number of rotatable bonds is 7. The average Bonchev–Trinajstić information content (AvgIpc) is 2.68. The Labute approximate surface area is 151 Å². The van der Waals surface area contributed by atoms with Crippen LogP contribution in [-0.4, -0.2) is 6.08 Å². The molecule has 0 radical (unpaired) electrons. The molecule has 26 heavy (non-hydrogen) atoms. The second-order valence-electron chi connectivity index (χ2n) is 5.35. The number of hydrogen-bond donors (Lipinski definition) is 0. The van der Waals surface area contributed by atoms with E-state index in [1.807, 2.05) is 18.2 Å². The van der Waals surface area contributed by atoms with E-state index in [-0.39, 0.29) is 0 Å². The minimum atomic E-state index is -3.94. The summed E-state index contributed by atoms with van der Waals surface area (Å²) in [5.74, 6) is -0.427. The molecule has 1 unspecified atom stereocenters. The van der Waals surface area contributed by atoms with Gasteiger partial charge in [-0.2, -0.15) is 4.99 Å². The third-order valence-electron chi connectivity index (χ3n) is 3.52. The van der Waals surface area contributed by atoms with E-state index in [1.165, 1.54) is 6.08 Å². The lowest BCUT2D eigenvalue weighted by Crippen LogP contribution is -2.09. The lowest BCUT2D eigenvalue weighted by atomic mass is 10.2. The third kappa shape index (κ3) is 4.28. The summed E-state index contributed by atoms with van der Waals surface area (Å²) in [4.78, 5) is 14.8. The predicted octanol–water partition coefficient (Wildman–Crippen LogP) is 5.37. The van der Waals surface area contributed by atoms with E-state index in [9.17, 15) is 9.36 Å². The predicted molar refractivity (Wildman–Crippen MR) is 99.1 cm³/mol. The maximum Gasteiger partial charge on any atom is 0.460 e. The lowest BCUT2D eigenvalue weighted by Gasteiger charge is -2.24. The SMILES string of the molecule is O=C=NC(c1ccccc1)P(=O)(Oc1ccccc1)Oc1ccccc1. The lowest BCUT2D eigenvalue weighted by molar-refractivity contribution is 0.373. The Morgan fingerprint density at radius 3 is 1.58 bits per heavy atom. The van der Waals surface area contributed by atoms with Gasteiger partial charge in [-0.3, -0.25) is 0 Å². The van der Waals surface area contributed by atoms with Gasteiger partial charge in [0.2, 0.25) is 11.9 Å². The van der Waals surface area contributed by atoms with Gasteiger partial charge in [0.05, 0.1) is 0 Å². The highest BCUT2D eigenvalue weighted by Gasteiger charge is 2.41. The van der Waals surface area contributed by atoms with Crippen LogP contribution in [0.2, 0.25) is 0 Å². The standard InChI is InChI=1S/C20H16NO4P/c22-16-21-20(17-10-4-1-5-11-17)26(23,24-18-12-6-2-7-13-18)25-19-14-8-3-9-15-19/h1-15,20H. The van der Waals surface area contributed by atoms with Crippen LogP contribution in [0.1, 0.15) is 11.3 Å². The van der Waals surface area contributed by atoms with Gasteiger partial charge in [-0.15, -0.1) is 0 Å². The molecule has 0 fully saturated rings. The van der Waals surface area contributed by atoms with E-state index < -0.39 is 13.4 Å². The van der Waals surface area contributed by atoms with Gasteiger partial charge in [-0.1, -0.05) is 66.7 Å². The Hall–Kier alpha value is -3.13. The third-order valence-corrected chi connectivity index (χ3v) is 5.47. The summed E-state index contributed by atoms with van der Waals surface area (Å²) in [5, 5.41) is 0. The maximum atomic E-state index is 13.7. The molecule has 3 rings (SSSR count). The highest BCUT2D eigenvalue weighted by Crippen LogP contribution is 2.60. The minimum Gasteiger partial charge on any atom is -0.414 e. The fourth-order valence-electron chi connectivity index (χ4n) is 2.38. The first kappa shape index (κ1) is 17.7. The summed E-state index contributed by atoms with van der Waals surface area (Å²) in [6.07, 6.45) is 1.49. The van der Waals surface area contributed by atoms with Crippen molar-refractivity contribution in [2.24, 2.45) is 4.99 Å². The molecule has 6 heteroatoms.